The summed E-state index contributed by atoms with van der Waals surface area (Å²) in [4.78, 5) is 36.5. The molecule has 1 N–H and O–H groups in total. The fourth-order valence-electron chi connectivity index (χ4n) is 3.63. The number of hydrogen-bond acceptors (Lipinski definition) is 5. The fourth-order valence-corrected chi connectivity index (χ4v) is 4.56. The van der Waals surface area contributed by atoms with Crippen LogP contribution in [0.4, 0.5) is 0 Å². The van der Waals surface area contributed by atoms with E-state index in [-0.39, 0.29) is 17.7 Å². The van der Waals surface area contributed by atoms with Crippen molar-refractivity contribution >= 4 is 27.2 Å². The van der Waals surface area contributed by atoms with Crippen molar-refractivity contribution in [3.05, 3.63) is 85.6 Å². The van der Waals surface area contributed by atoms with Gasteiger partial charge in [0.2, 0.25) is 0 Å². The summed E-state index contributed by atoms with van der Waals surface area (Å²) in [6.07, 6.45) is 2.40. The molecule has 4 aromatic heterocycles. The largest absolute Gasteiger partial charge is 0.293 e. The zero-order chi connectivity index (χ0) is 20.8. The van der Waals surface area contributed by atoms with E-state index in [1.165, 1.54) is 32.8 Å². The Morgan fingerprint density at radius 3 is 2.70 bits per heavy atom. The predicted molar refractivity (Wildman–Crippen MR) is 118 cm³/mol. The molecule has 0 atom stereocenters. The Balaban J connectivity index is 1.60. The summed E-state index contributed by atoms with van der Waals surface area (Å²) < 4.78 is 2.95. The number of nitrogens with zero attached hydrogens (tertiary/aromatic N) is 4. The van der Waals surface area contributed by atoms with Crippen molar-refractivity contribution in [2.75, 3.05) is 0 Å². The third-order valence-electron chi connectivity index (χ3n) is 5.22. The van der Waals surface area contributed by atoms with E-state index in [2.05, 4.69) is 22.0 Å². The molecule has 5 rings (SSSR count). The molecular weight excluding hydrogens is 398 g/mol. The van der Waals surface area contributed by atoms with Gasteiger partial charge in [-0.25, -0.2) is 14.5 Å². The zero-order valence-corrected chi connectivity index (χ0v) is 17.4. The SMILES string of the molecule is CCc1cc2c(=O)n(Cc3cc(=O)n4[nH]c(-c5ccccc5)c(C)c4n3)cnc2s1. The molecule has 0 saturated heterocycles. The molecule has 0 aliphatic carbocycles. The van der Waals surface area contributed by atoms with Gasteiger partial charge in [-0.15, -0.1) is 11.3 Å². The first-order valence-electron chi connectivity index (χ1n) is 9.69. The van der Waals surface area contributed by atoms with Gasteiger partial charge < -0.3 is 0 Å². The lowest BCUT2D eigenvalue weighted by Gasteiger charge is -2.05. The molecule has 30 heavy (non-hydrogen) atoms. The molecule has 0 amide bonds. The summed E-state index contributed by atoms with van der Waals surface area (Å²) in [5, 5.41) is 3.76. The number of aromatic nitrogens is 5. The van der Waals surface area contributed by atoms with Crippen LogP contribution in [0.3, 0.4) is 0 Å². The van der Waals surface area contributed by atoms with E-state index >= 15 is 0 Å². The van der Waals surface area contributed by atoms with Crippen LogP contribution >= 0.6 is 11.3 Å². The van der Waals surface area contributed by atoms with E-state index in [1.54, 1.807) is 0 Å². The molecule has 5 aromatic rings. The van der Waals surface area contributed by atoms with Crippen molar-refractivity contribution in [2.24, 2.45) is 0 Å². The number of aryl methyl sites for hydroxylation is 2. The Bertz CT molecular complexity index is 1510. The molecule has 150 valence electrons. The van der Waals surface area contributed by atoms with Crippen LogP contribution in [-0.2, 0) is 13.0 Å². The Kier molecular flexibility index (Phi) is 4.36. The normalized spacial score (nSPS) is 11.5. The number of nitrogens with one attached hydrogen (secondary N) is 1. The van der Waals surface area contributed by atoms with Gasteiger partial charge in [0.15, 0.2) is 5.65 Å². The summed E-state index contributed by atoms with van der Waals surface area (Å²) in [6, 6.07) is 13.2. The Hall–Kier alpha value is -3.52. The van der Waals surface area contributed by atoms with Crippen molar-refractivity contribution < 1.29 is 0 Å². The summed E-state index contributed by atoms with van der Waals surface area (Å²) >= 11 is 1.54. The average molecular weight is 417 g/mol. The van der Waals surface area contributed by atoms with Gasteiger partial charge in [-0.1, -0.05) is 37.3 Å². The van der Waals surface area contributed by atoms with Crippen molar-refractivity contribution in [1.82, 2.24) is 24.1 Å². The Morgan fingerprint density at radius 1 is 1.13 bits per heavy atom. The van der Waals surface area contributed by atoms with Gasteiger partial charge >= 0.3 is 0 Å². The highest BCUT2D eigenvalue weighted by Crippen LogP contribution is 2.24. The maximum atomic E-state index is 12.9. The summed E-state index contributed by atoms with van der Waals surface area (Å²) in [5.74, 6) is 0. The summed E-state index contributed by atoms with van der Waals surface area (Å²) in [7, 11) is 0. The molecule has 4 heterocycles. The Labute approximate surface area is 175 Å². The molecule has 0 radical (unpaired) electrons. The first kappa shape index (κ1) is 18.5. The fraction of sp³-hybridized carbons (Fsp3) is 0.182. The molecule has 1 aromatic carbocycles. The number of thiophene rings is 1. The first-order valence-corrected chi connectivity index (χ1v) is 10.5. The smallest absolute Gasteiger partial charge is 0.272 e. The molecule has 7 nitrogen and oxygen atoms in total. The number of hydrogen-bond donors (Lipinski definition) is 1. The topological polar surface area (TPSA) is 85.0 Å². The molecule has 0 unspecified atom stereocenters. The Morgan fingerprint density at radius 2 is 1.93 bits per heavy atom. The third kappa shape index (κ3) is 2.96. The molecule has 0 fully saturated rings. The molecular formula is C22H19N5O2S. The highest BCUT2D eigenvalue weighted by molar-refractivity contribution is 7.18. The van der Waals surface area contributed by atoms with E-state index in [4.69, 9.17) is 0 Å². The van der Waals surface area contributed by atoms with Gasteiger partial charge in [-0.3, -0.25) is 19.3 Å². The van der Waals surface area contributed by atoms with Crippen LogP contribution in [-0.4, -0.2) is 24.1 Å². The van der Waals surface area contributed by atoms with Gasteiger partial charge in [0.05, 0.1) is 29.6 Å². The lowest BCUT2D eigenvalue weighted by atomic mass is 10.1. The summed E-state index contributed by atoms with van der Waals surface area (Å²) in [6.45, 7) is 4.18. The van der Waals surface area contributed by atoms with Crippen LogP contribution in [0.25, 0.3) is 27.1 Å². The van der Waals surface area contributed by atoms with Gasteiger partial charge in [0, 0.05) is 16.5 Å². The van der Waals surface area contributed by atoms with Crippen molar-refractivity contribution in [3.8, 4) is 11.3 Å². The van der Waals surface area contributed by atoms with E-state index in [1.807, 2.05) is 43.3 Å². The van der Waals surface area contributed by atoms with Gasteiger partial charge in [0.25, 0.3) is 11.1 Å². The standard InChI is InChI=1S/C22H19N5O2S/c1-3-16-10-17-21(30-16)23-12-26(22(17)29)11-15-9-18(28)27-20(24-15)13(2)19(25-27)14-7-5-4-6-8-14/h4-10,12,25H,3,11H2,1-2H3. The quantitative estimate of drug-likeness (QED) is 0.486. The third-order valence-corrected chi connectivity index (χ3v) is 6.41. The minimum absolute atomic E-state index is 0.117. The van der Waals surface area contributed by atoms with Crippen molar-refractivity contribution in [3.63, 3.8) is 0 Å². The molecule has 0 spiro atoms. The summed E-state index contributed by atoms with van der Waals surface area (Å²) in [5.41, 5.74) is 3.46. The first-order chi connectivity index (χ1) is 14.5. The molecule has 0 aliphatic rings. The maximum Gasteiger partial charge on any atom is 0.272 e. The van der Waals surface area contributed by atoms with Crippen LogP contribution in [0.15, 0.2) is 58.4 Å². The molecule has 0 aliphatic heterocycles. The zero-order valence-electron chi connectivity index (χ0n) is 16.5. The minimum atomic E-state index is -0.217. The highest BCUT2D eigenvalue weighted by Gasteiger charge is 2.14. The minimum Gasteiger partial charge on any atom is -0.293 e. The van der Waals surface area contributed by atoms with E-state index in [9.17, 15) is 9.59 Å². The molecule has 0 bridgehead atoms. The lowest BCUT2D eigenvalue weighted by molar-refractivity contribution is 0.724. The van der Waals surface area contributed by atoms with Gasteiger partial charge in [-0.2, -0.15) is 0 Å². The second-order valence-electron chi connectivity index (χ2n) is 7.19. The van der Waals surface area contributed by atoms with Gasteiger partial charge in [-0.05, 0) is 25.0 Å². The number of benzene rings is 1. The number of fused-ring (bicyclic) bond motifs is 2. The van der Waals surface area contributed by atoms with Crippen LogP contribution in [0.5, 0.6) is 0 Å². The van der Waals surface area contributed by atoms with Crippen LogP contribution < -0.4 is 11.1 Å². The van der Waals surface area contributed by atoms with E-state index in [0.717, 1.165) is 32.9 Å². The van der Waals surface area contributed by atoms with Crippen LogP contribution in [0.2, 0.25) is 0 Å². The average Bonchev–Trinajstić information content (AvgIpc) is 3.33. The van der Waals surface area contributed by atoms with Crippen molar-refractivity contribution in [1.29, 1.82) is 0 Å². The highest BCUT2D eigenvalue weighted by atomic mass is 32.1. The van der Waals surface area contributed by atoms with E-state index in [0.29, 0.717) is 16.7 Å². The van der Waals surface area contributed by atoms with Crippen molar-refractivity contribution in [2.45, 2.75) is 26.8 Å². The van der Waals surface area contributed by atoms with Gasteiger partial charge in [0.1, 0.15) is 4.83 Å². The second-order valence-corrected chi connectivity index (χ2v) is 8.30. The lowest BCUT2D eigenvalue weighted by Crippen LogP contribution is -2.23. The maximum absolute atomic E-state index is 12.9. The van der Waals surface area contributed by atoms with Crippen LogP contribution in [0, 0.1) is 6.92 Å². The number of aromatic amines is 1. The molecule has 0 saturated carbocycles. The van der Waals surface area contributed by atoms with Crippen LogP contribution in [0.1, 0.15) is 23.1 Å². The molecule has 8 heteroatoms. The van der Waals surface area contributed by atoms with E-state index < -0.39 is 0 Å². The predicted octanol–water partition coefficient (Wildman–Crippen LogP) is 3.38. The number of H-pyrrole nitrogens is 1. The number of rotatable bonds is 4. The second kappa shape index (κ2) is 7.07. The monoisotopic (exact) mass is 417 g/mol.